The Balaban J connectivity index is 1.24. The minimum atomic E-state index is 0.252. The van der Waals surface area contributed by atoms with Crippen molar-refractivity contribution >= 4 is 11.8 Å². The summed E-state index contributed by atoms with van der Waals surface area (Å²) >= 11 is 0. The zero-order chi connectivity index (χ0) is 21.5. The molecule has 2 aromatic rings. The number of likely N-dealkylation sites (tertiary alicyclic amines) is 1. The number of guanidine groups is 1. The fraction of sp³-hybridized carbons (Fsp3) is 0.500. The highest BCUT2D eigenvalue weighted by atomic mass is 16.5. The van der Waals surface area contributed by atoms with E-state index in [0.717, 1.165) is 68.7 Å². The number of aromatic nitrogens is 1. The van der Waals surface area contributed by atoms with E-state index in [1.807, 2.05) is 43.6 Å². The van der Waals surface area contributed by atoms with Gasteiger partial charge in [-0.2, -0.15) is 0 Å². The van der Waals surface area contributed by atoms with Gasteiger partial charge < -0.3 is 24.6 Å². The van der Waals surface area contributed by atoms with Crippen LogP contribution in [0, 0.1) is 0 Å². The molecule has 1 atom stereocenters. The van der Waals surface area contributed by atoms with Gasteiger partial charge in [0.25, 0.3) is 0 Å². The largest absolute Gasteiger partial charge is 0.490 e. The quantitative estimate of drug-likeness (QED) is 0.589. The summed E-state index contributed by atoms with van der Waals surface area (Å²) in [5.41, 5.74) is 1.15. The van der Waals surface area contributed by atoms with Gasteiger partial charge in [-0.3, -0.25) is 4.99 Å². The number of aliphatic imine (C=N–C) groups is 1. The summed E-state index contributed by atoms with van der Waals surface area (Å²) in [6.07, 6.45) is 4.45. The first-order chi connectivity index (χ1) is 15.2. The number of para-hydroxylation sites is 1. The van der Waals surface area contributed by atoms with Gasteiger partial charge in [0.15, 0.2) is 5.96 Å². The van der Waals surface area contributed by atoms with Gasteiger partial charge in [-0.05, 0) is 30.7 Å². The van der Waals surface area contributed by atoms with Gasteiger partial charge in [0.1, 0.15) is 17.7 Å². The molecule has 1 N–H and O–H groups in total. The fourth-order valence-corrected chi connectivity index (χ4v) is 4.13. The summed E-state index contributed by atoms with van der Waals surface area (Å²) < 4.78 is 11.7. The van der Waals surface area contributed by atoms with Crippen LogP contribution in [0.25, 0.3) is 0 Å². The Bertz CT molecular complexity index is 835. The van der Waals surface area contributed by atoms with Crippen LogP contribution in [0.2, 0.25) is 0 Å². The van der Waals surface area contributed by atoms with Crippen LogP contribution in [0.1, 0.15) is 25.3 Å². The molecule has 4 rings (SSSR count). The predicted molar refractivity (Wildman–Crippen MR) is 124 cm³/mol. The van der Waals surface area contributed by atoms with Crippen molar-refractivity contribution in [1.29, 1.82) is 0 Å². The molecule has 2 saturated heterocycles. The third kappa shape index (κ3) is 5.88. The Labute approximate surface area is 185 Å². The molecule has 2 fully saturated rings. The molecule has 3 heterocycles. The number of rotatable bonds is 5. The second-order valence-corrected chi connectivity index (χ2v) is 8.17. The van der Waals surface area contributed by atoms with E-state index in [-0.39, 0.29) is 12.2 Å². The molecule has 2 aliphatic heterocycles. The lowest BCUT2D eigenvalue weighted by atomic mass is 10.1. The van der Waals surface area contributed by atoms with Gasteiger partial charge in [0.05, 0.1) is 12.7 Å². The van der Waals surface area contributed by atoms with Gasteiger partial charge in [0.2, 0.25) is 0 Å². The average Bonchev–Trinajstić information content (AvgIpc) is 2.81. The van der Waals surface area contributed by atoms with E-state index in [9.17, 15) is 0 Å². The summed E-state index contributed by atoms with van der Waals surface area (Å²) in [5.74, 6) is 2.90. The molecule has 1 aromatic heterocycles. The minimum Gasteiger partial charge on any atom is -0.490 e. The van der Waals surface area contributed by atoms with Crippen molar-refractivity contribution in [2.45, 2.75) is 38.5 Å². The number of anilines is 1. The highest BCUT2D eigenvalue weighted by molar-refractivity contribution is 5.80. The van der Waals surface area contributed by atoms with Crippen LogP contribution < -0.4 is 15.0 Å². The summed E-state index contributed by atoms with van der Waals surface area (Å²) in [6.45, 7) is 7.22. The number of pyridine rings is 1. The van der Waals surface area contributed by atoms with Crippen molar-refractivity contribution in [1.82, 2.24) is 15.2 Å². The van der Waals surface area contributed by atoms with Crippen LogP contribution in [0.3, 0.4) is 0 Å². The van der Waals surface area contributed by atoms with Crippen LogP contribution in [0.4, 0.5) is 5.82 Å². The SMILES string of the molecule is CN=C(NCc1ccc(N2CCOC(C)C2)nc1)N1CCC(Oc2ccccc2)CC1. The Morgan fingerprint density at radius 1 is 1.16 bits per heavy atom. The molecule has 0 radical (unpaired) electrons. The number of hydrogen-bond donors (Lipinski definition) is 1. The second-order valence-electron chi connectivity index (χ2n) is 8.17. The van der Waals surface area contributed by atoms with Crippen molar-refractivity contribution < 1.29 is 9.47 Å². The van der Waals surface area contributed by atoms with Gasteiger partial charge in [-0.1, -0.05) is 24.3 Å². The van der Waals surface area contributed by atoms with Gasteiger partial charge in [0, 0.05) is 58.8 Å². The van der Waals surface area contributed by atoms with Crippen LogP contribution >= 0.6 is 0 Å². The highest BCUT2D eigenvalue weighted by Crippen LogP contribution is 2.19. The van der Waals surface area contributed by atoms with E-state index in [0.29, 0.717) is 6.54 Å². The molecule has 31 heavy (non-hydrogen) atoms. The van der Waals surface area contributed by atoms with Crippen molar-refractivity contribution in [2.24, 2.45) is 4.99 Å². The third-order valence-electron chi connectivity index (χ3n) is 5.82. The topological polar surface area (TPSA) is 62.2 Å². The first kappa shape index (κ1) is 21.4. The minimum absolute atomic E-state index is 0.252. The lowest BCUT2D eigenvalue weighted by Crippen LogP contribution is -2.47. The van der Waals surface area contributed by atoms with Crippen molar-refractivity contribution in [3.8, 4) is 5.75 Å². The highest BCUT2D eigenvalue weighted by Gasteiger charge is 2.23. The standard InChI is InChI=1S/C24H33N5O2/c1-19-18-29(14-15-30-19)23-9-8-20(16-26-23)17-27-24(25-2)28-12-10-22(11-13-28)31-21-6-4-3-5-7-21/h3-9,16,19,22H,10-15,17-18H2,1-2H3,(H,25,27). The lowest BCUT2D eigenvalue weighted by molar-refractivity contribution is 0.0529. The van der Waals surface area contributed by atoms with Gasteiger partial charge in [-0.25, -0.2) is 4.98 Å². The van der Waals surface area contributed by atoms with Crippen LogP contribution in [-0.4, -0.2) is 67.9 Å². The molecular formula is C24H33N5O2. The van der Waals surface area contributed by atoms with Crippen molar-refractivity contribution in [2.75, 3.05) is 44.7 Å². The molecule has 0 amide bonds. The number of hydrogen-bond acceptors (Lipinski definition) is 5. The van der Waals surface area contributed by atoms with Crippen molar-refractivity contribution in [3.63, 3.8) is 0 Å². The molecule has 0 saturated carbocycles. The predicted octanol–water partition coefficient (Wildman–Crippen LogP) is 2.93. The molecule has 166 valence electrons. The third-order valence-corrected chi connectivity index (χ3v) is 5.82. The van der Waals surface area contributed by atoms with Crippen LogP contribution in [-0.2, 0) is 11.3 Å². The van der Waals surface area contributed by atoms with E-state index in [2.05, 4.69) is 44.1 Å². The Morgan fingerprint density at radius 3 is 2.65 bits per heavy atom. The van der Waals surface area contributed by atoms with E-state index in [1.54, 1.807) is 0 Å². The van der Waals surface area contributed by atoms with E-state index >= 15 is 0 Å². The fourth-order valence-electron chi connectivity index (χ4n) is 4.13. The number of ether oxygens (including phenoxy) is 2. The molecule has 1 aromatic carbocycles. The normalized spacial score (nSPS) is 20.6. The zero-order valence-corrected chi connectivity index (χ0v) is 18.5. The van der Waals surface area contributed by atoms with E-state index in [1.165, 1.54) is 0 Å². The maximum absolute atomic E-state index is 6.11. The molecule has 0 aliphatic carbocycles. The van der Waals surface area contributed by atoms with E-state index in [4.69, 9.17) is 9.47 Å². The van der Waals surface area contributed by atoms with E-state index < -0.39 is 0 Å². The Hall–Kier alpha value is -2.80. The smallest absolute Gasteiger partial charge is 0.193 e. The number of benzene rings is 1. The summed E-state index contributed by atoms with van der Waals surface area (Å²) in [6, 6.07) is 14.3. The number of nitrogens with one attached hydrogen (secondary N) is 1. The number of morpholine rings is 1. The summed E-state index contributed by atoms with van der Waals surface area (Å²) in [5, 5.41) is 3.49. The Kier molecular flexibility index (Phi) is 7.25. The van der Waals surface area contributed by atoms with Crippen molar-refractivity contribution in [3.05, 3.63) is 54.2 Å². The molecular weight excluding hydrogens is 390 g/mol. The zero-order valence-electron chi connectivity index (χ0n) is 18.5. The monoisotopic (exact) mass is 423 g/mol. The molecule has 0 spiro atoms. The van der Waals surface area contributed by atoms with Gasteiger partial charge >= 0.3 is 0 Å². The molecule has 1 unspecified atom stereocenters. The maximum atomic E-state index is 6.11. The van der Waals surface area contributed by atoms with Crippen LogP contribution in [0.15, 0.2) is 53.7 Å². The summed E-state index contributed by atoms with van der Waals surface area (Å²) in [4.78, 5) is 13.7. The molecule has 7 heteroatoms. The Morgan fingerprint density at radius 2 is 1.97 bits per heavy atom. The maximum Gasteiger partial charge on any atom is 0.193 e. The van der Waals surface area contributed by atoms with Crippen LogP contribution in [0.5, 0.6) is 5.75 Å². The second kappa shape index (κ2) is 10.5. The first-order valence-electron chi connectivity index (χ1n) is 11.2. The summed E-state index contributed by atoms with van der Waals surface area (Å²) in [7, 11) is 1.84. The number of nitrogens with zero attached hydrogens (tertiary/aromatic N) is 4. The lowest BCUT2D eigenvalue weighted by Gasteiger charge is -2.34. The number of piperidine rings is 1. The molecule has 7 nitrogen and oxygen atoms in total. The van der Waals surface area contributed by atoms with Gasteiger partial charge in [-0.15, -0.1) is 0 Å². The molecule has 2 aliphatic rings. The molecule has 0 bridgehead atoms. The first-order valence-corrected chi connectivity index (χ1v) is 11.2. The average molecular weight is 424 g/mol.